The summed E-state index contributed by atoms with van der Waals surface area (Å²) in [6.07, 6.45) is 1.30. The zero-order chi connectivity index (χ0) is 18.9. The van der Waals surface area contributed by atoms with Crippen LogP contribution in [0.2, 0.25) is 0 Å². The van der Waals surface area contributed by atoms with Gasteiger partial charge in [0.2, 0.25) is 0 Å². The van der Waals surface area contributed by atoms with Crippen LogP contribution in [0.25, 0.3) is 5.65 Å². The molecule has 1 aliphatic heterocycles. The first-order chi connectivity index (χ1) is 13.0. The van der Waals surface area contributed by atoms with Gasteiger partial charge in [-0.25, -0.2) is 0 Å². The van der Waals surface area contributed by atoms with E-state index in [1.807, 2.05) is 11.8 Å². The van der Waals surface area contributed by atoms with Gasteiger partial charge in [-0.1, -0.05) is 19.3 Å². The van der Waals surface area contributed by atoms with Gasteiger partial charge in [0, 0.05) is 36.7 Å². The van der Waals surface area contributed by atoms with Gasteiger partial charge in [-0.05, 0) is 25.0 Å². The normalized spacial score (nSPS) is 21.4. The van der Waals surface area contributed by atoms with Gasteiger partial charge in [0.15, 0.2) is 5.65 Å². The molecule has 2 aromatic heterocycles. The van der Waals surface area contributed by atoms with E-state index in [-0.39, 0.29) is 11.2 Å². The first-order valence-corrected chi connectivity index (χ1v) is 10.5. The molecule has 6 nitrogen and oxygen atoms in total. The molecule has 0 unspecified atom stereocenters. The number of hydrogen-bond donors (Lipinski definition) is 1. The minimum absolute atomic E-state index is 0.0654. The van der Waals surface area contributed by atoms with E-state index in [1.165, 1.54) is 25.3 Å². The van der Waals surface area contributed by atoms with Gasteiger partial charge in [0.25, 0.3) is 5.82 Å². The third-order valence-electron chi connectivity index (χ3n) is 5.58. The molecule has 2 fully saturated rings. The van der Waals surface area contributed by atoms with Gasteiger partial charge in [-0.3, -0.25) is 4.90 Å². The average Bonchev–Trinajstić information content (AvgIpc) is 3.11. The minimum atomic E-state index is -4.58. The number of anilines is 1. The largest absolute Gasteiger partial charge is 0.453 e. The van der Waals surface area contributed by atoms with Crippen molar-refractivity contribution in [2.45, 2.75) is 43.8 Å². The number of alkyl halides is 3. The number of nitrogens with zero attached hydrogens (tertiary/aromatic N) is 5. The molecule has 3 heterocycles. The molecule has 27 heavy (non-hydrogen) atoms. The Labute approximate surface area is 159 Å². The van der Waals surface area contributed by atoms with Gasteiger partial charge in [-0.2, -0.15) is 29.4 Å². The predicted octanol–water partition coefficient (Wildman–Crippen LogP) is 3.31. The first kappa shape index (κ1) is 18.8. The summed E-state index contributed by atoms with van der Waals surface area (Å²) in [4.78, 5) is 2.58. The summed E-state index contributed by atoms with van der Waals surface area (Å²) in [5.41, 5.74) is 0.156. The molecule has 10 heteroatoms. The van der Waals surface area contributed by atoms with Crippen LogP contribution >= 0.6 is 11.8 Å². The van der Waals surface area contributed by atoms with Crippen molar-refractivity contribution < 1.29 is 13.2 Å². The highest BCUT2D eigenvalue weighted by atomic mass is 32.2. The van der Waals surface area contributed by atoms with Crippen molar-refractivity contribution in [3.05, 3.63) is 18.0 Å². The summed E-state index contributed by atoms with van der Waals surface area (Å²) in [6, 6.07) is 3.19. The van der Waals surface area contributed by atoms with Crippen molar-refractivity contribution in [3.63, 3.8) is 0 Å². The van der Waals surface area contributed by atoms with Crippen LogP contribution in [0.15, 0.2) is 12.1 Å². The molecule has 0 aromatic carbocycles. The van der Waals surface area contributed by atoms with Crippen LogP contribution in [-0.2, 0) is 6.18 Å². The smallest absolute Gasteiger partial charge is 0.367 e. The third-order valence-corrected chi connectivity index (χ3v) is 6.52. The van der Waals surface area contributed by atoms with Crippen molar-refractivity contribution in [3.8, 4) is 0 Å². The van der Waals surface area contributed by atoms with Crippen LogP contribution in [0.5, 0.6) is 0 Å². The maximum Gasteiger partial charge on any atom is 0.453 e. The fourth-order valence-electron chi connectivity index (χ4n) is 4.17. The van der Waals surface area contributed by atoms with Crippen LogP contribution in [0.3, 0.4) is 0 Å². The van der Waals surface area contributed by atoms with Gasteiger partial charge >= 0.3 is 6.18 Å². The van der Waals surface area contributed by atoms with Crippen LogP contribution < -0.4 is 5.32 Å². The van der Waals surface area contributed by atoms with Crippen molar-refractivity contribution in [2.24, 2.45) is 0 Å². The minimum Gasteiger partial charge on any atom is -0.367 e. The molecule has 1 N–H and O–H groups in total. The number of hydrogen-bond acceptors (Lipinski definition) is 6. The first-order valence-electron chi connectivity index (χ1n) is 9.34. The molecule has 0 amide bonds. The predicted molar refractivity (Wildman–Crippen MR) is 99.0 cm³/mol. The molecule has 1 aliphatic carbocycles. The van der Waals surface area contributed by atoms with Gasteiger partial charge in [0.1, 0.15) is 5.82 Å². The molecule has 0 bridgehead atoms. The Morgan fingerprint density at radius 3 is 2.52 bits per heavy atom. The molecule has 0 atom stereocenters. The fourth-order valence-corrected chi connectivity index (χ4v) is 5.07. The second-order valence-corrected chi connectivity index (χ2v) is 8.47. The Hall–Kier alpha value is -1.55. The maximum absolute atomic E-state index is 13.1. The monoisotopic (exact) mass is 400 g/mol. The zero-order valence-electron chi connectivity index (χ0n) is 15.0. The van der Waals surface area contributed by atoms with Crippen molar-refractivity contribution in [1.82, 2.24) is 24.7 Å². The molecule has 148 valence electrons. The number of halogens is 3. The molecule has 1 saturated carbocycles. The standard InChI is InChI=1S/C17H23F3N6S/c18-17(19,20)15-23-22-14-5-4-13(24-26(14)15)21-12-16(6-2-1-3-7-16)25-8-10-27-11-9-25/h4-5H,1-3,6-12H2,(H,21,24). The van der Waals surface area contributed by atoms with Gasteiger partial charge in [0.05, 0.1) is 0 Å². The summed E-state index contributed by atoms with van der Waals surface area (Å²) in [6.45, 7) is 2.84. The van der Waals surface area contributed by atoms with Crippen LogP contribution in [0.1, 0.15) is 37.9 Å². The highest BCUT2D eigenvalue weighted by molar-refractivity contribution is 7.99. The molecule has 1 saturated heterocycles. The molecule has 0 radical (unpaired) electrons. The number of rotatable bonds is 4. The van der Waals surface area contributed by atoms with E-state index < -0.39 is 12.0 Å². The molecule has 2 aliphatic rings. The van der Waals surface area contributed by atoms with E-state index in [9.17, 15) is 13.2 Å². The van der Waals surface area contributed by atoms with E-state index in [1.54, 1.807) is 6.07 Å². The highest BCUT2D eigenvalue weighted by Crippen LogP contribution is 2.35. The fraction of sp³-hybridized carbons (Fsp3) is 0.706. The quantitative estimate of drug-likeness (QED) is 0.850. The van der Waals surface area contributed by atoms with Gasteiger partial charge < -0.3 is 5.32 Å². The van der Waals surface area contributed by atoms with E-state index >= 15 is 0 Å². The Balaban J connectivity index is 1.55. The topological polar surface area (TPSA) is 58.4 Å². The summed E-state index contributed by atoms with van der Waals surface area (Å²) >= 11 is 1.98. The van der Waals surface area contributed by atoms with Crippen LogP contribution in [0, 0.1) is 0 Å². The number of thioether (sulfide) groups is 1. The Morgan fingerprint density at radius 2 is 1.81 bits per heavy atom. The number of aromatic nitrogens is 4. The second-order valence-electron chi connectivity index (χ2n) is 7.25. The van der Waals surface area contributed by atoms with E-state index in [4.69, 9.17) is 0 Å². The summed E-state index contributed by atoms with van der Waals surface area (Å²) in [5, 5.41) is 14.2. The average molecular weight is 400 g/mol. The second kappa shape index (κ2) is 7.46. The molecular formula is C17H23F3N6S. The number of fused-ring (bicyclic) bond motifs is 1. The maximum atomic E-state index is 13.1. The lowest BCUT2D eigenvalue weighted by atomic mass is 9.80. The molecular weight excluding hydrogens is 377 g/mol. The highest BCUT2D eigenvalue weighted by Gasteiger charge is 2.39. The molecule has 4 rings (SSSR count). The molecule has 0 spiro atoms. The van der Waals surface area contributed by atoms with Crippen LogP contribution in [0.4, 0.5) is 19.0 Å². The summed E-state index contributed by atoms with van der Waals surface area (Å²) < 4.78 is 40.0. The van der Waals surface area contributed by atoms with Crippen molar-refractivity contribution in [1.29, 1.82) is 0 Å². The van der Waals surface area contributed by atoms with Crippen molar-refractivity contribution >= 4 is 23.2 Å². The lowest BCUT2D eigenvalue weighted by molar-refractivity contribution is -0.146. The van der Waals surface area contributed by atoms with Gasteiger partial charge in [-0.15, -0.1) is 15.3 Å². The van der Waals surface area contributed by atoms with E-state index in [0.29, 0.717) is 12.4 Å². The van der Waals surface area contributed by atoms with Crippen molar-refractivity contribution in [2.75, 3.05) is 36.5 Å². The lowest BCUT2D eigenvalue weighted by Crippen LogP contribution is -2.57. The van der Waals surface area contributed by atoms with E-state index in [2.05, 4.69) is 25.5 Å². The third kappa shape index (κ3) is 3.87. The summed E-state index contributed by atoms with van der Waals surface area (Å²) in [7, 11) is 0. The number of nitrogens with one attached hydrogen (secondary N) is 1. The Morgan fingerprint density at radius 1 is 1.07 bits per heavy atom. The SMILES string of the molecule is FC(F)(F)c1nnc2ccc(NCC3(N4CCSCC4)CCCCC3)nn12. The van der Waals surface area contributed by atoms with Crippen LogP contribution in [-0.4, -0.2) is 61.4 Å². The summed E-state index contributed by atoms with van der Waals surface area (Å²) in [5.74, 6) is 1.61. The lowest BCUT2D eigenvalue weighted by Gasteiger charge is -2.48. The Kier molecular flexibility index (Phi) is 5.19. The molecule has 2 aromatic rings. The zero-order valence-corrected chi connectivity index (χ0v) is 15.8. The Bertz CT molecular complexity index is 781. The van der Waals surface area contributed by atoms with E-state index in [0.717, 1.165) is 42.0 Å².